The number of amides is 2. The molecule has 37 heavy (non-hydrogen) atoms. The molecule has 2 aromatic heterocycles. The summed E-state index contributed by atoms with van der Waals surface area (Å²) in [4.78, 5) is 15.8. The minimum Gasteiger partial charge on any atom is -0.308 e. The first kappa shape index (κ1) is 23.1. The number of fused-ring (bicyclic) bond motifs is 3. The van der Waals surface area contributed by atoms with E-state index >= 15 is 0 Å². The molecule has 1 atom stereocenters. The van der Waals surface area contributed by atoms with E-state index in [1.807, 2.05) is 115 Å². The zero-order valence-corrected chi connectivity index (χ0v) is 21.4. The van der Waals surface area contributed by atoms with Crippen LogP contribution in [0.25, 0.3) is 11.5 Å². The third-order valence-electron chi connectivity index (χ3n) is 6.84. The van der Waals surface area contributed by atoms with Crippen LogP contribution in [0.15, 0.2) is 97.2 Å². The third-order valence-corrected chi connectivity index (χ3v) is 7.09. The fraction of sp³-hybridized carbons (Fsp3) is 0.133. The van der Waals surface area contributed by atoms with Gasteiger partial charge in [0.1, 0.15) is 5.82 Å². The van der Waals surface area contributed by atoms with Crippen LogP contribution >= 0.6 is 11.6 Å². The van der Waals surface area contributed by atoms with Crippen LogP contribution in [0.3, 0.4) is 0 Å². The second kappa shape index (κ2) is 9.30. The van der Waals surface area contributed by atoms with E-state index in [-0.39, 0.29) is 12.1 Å². The Hall–Kier alpha value is -4.29. The maximum absolute atomic E-state index is 13.9. The van der Waals surface area contributed by atoms with Crippen molar-refractivity contribution < 1.29 is 4.79 Å². The van der Waals surface area contributed by atoms with Gasteiger partial charge in [0.05, 0.1) is 29.7 Å². The number of rotatable bonds is 3. The minimum atomic E-state index is -0.339. The molecule has 1 unspecified atom stereocenters. The van der Waals surface area contributed by atoms with E-state index in [0.29, 0.717) is 11.6 Å². The highest BCUT2D eigenvalue weighted by Crippen LogP contribution is 2.39. The van der Waals surface area contributed by atoms with Gasteiger partial charge in [-0.05, 0) is 67.9 Å². The third kappa shape index (κ3) is 4.19. The smallest absolute Gasteiger partial charge is 0.308 e. The van der Waals surface area contributed by atoms with Gasteiger partial charge >= 0.3 is 6.03 Å². The highest BCUT2D eigenvalue weighted by molar-refractivity contribution is 6.30. The van der Waals surface area contributed by atoms with Crippen LogP contribution in [-0.4, -0.2) is 25.3 Å². The number of carbonyl (C=O) groups excluding carboxylic acids is 1. The van der Waals surface area contributed by atoms with Gasteiger partial charge in [0.2, 0.25) is 0 Å². The lowest BCUT2D eigenvalue weighted by atomic mass is 10.0. The van der Waals surface area contributed by atoms with E-state index in [1.54, 1.807) is 0 Å². The molecular formula is C30H26ClN5O. The number of urea groups is 1. The van der Waals surface area contributed by atoms with Gasteiger partial charge in [-0.15, -0.1) is 0 Å². The average molecular weight is 508 g/mol. The summed E-state index contributed by atoms with van der Waals surface area (Å²) in [7, 11) is 0. The molecule has 0 spiro atoms. The number of benzene rings is 3. The molecule has 0 saturated heterocycles. The number of anilines is 1. The van der Waals surface area contributed by atoms with Crippen molar-refractivity contribution in [2.24, 2.45) is 0 Å². The SMILES string of the molecule is Cc1ccc(NC(=O)N2Cc3c(C)nn(-c4ccccc4)c3-n3cccc3C2c2ccc(Cl)cc2)cc1. The number of aromatic nitrogens is 3. The van der Waals surface area contributed by atoms with Gasteiger partial charge in [-0.25, -0.2) is 9.48 Å². The Bertz CT molecular complexity index is 1570. The Labute approximate surface area is 220 Å². The molecular weight excluding hydrogens is 482 g/mol. The van der Waals surface area contributed by atoms with Crippen LogP contribution in [0.4, 0.5) is 10.5 Å². The molecule has 184 valence electrons. The van der Waals surface area contributed by atoms with Crippen LogP contribution in [0, 0.1) is 13.8 Å². The maximum Gasteiger partial charge on any atom is 0.322 e. The first-order chi connectivity index (χ1) is 18.0. The van der Waals surface area contributed by atoms with Crippen LogP contribution in [0.1, 0.15) is 34.1 Å². The molecule has 6 rings (SSSR count). The van der Waals surface area contributed by atoms with Crippen molar-refractivity contribution in [3.05, 3.63) is 130 Å². The topological polar surface area (TPSA) is 55.1 Å². The van der Waals surface area contributed by atoms with Crippen molar-refractivity contribution in [2.45, 2.75) is 26.4 Å². The van der Waals surface area contributed by atoms with Crippen LogP contribution < -0.4 is 5.32 Å². The van der Waals surface area contributed by atoms with Gasteiger partial charge in [-0.1, -0.05) is 59.6 Å². The number of nitrogens with zero attached hydrogens (tertiary/aromatic N) is 4. The van der Waals surface area contributed by atoms with E-state index in [1.165, 1.54) is 0 Å². The molecule has 0 bridgehead atoms. The maximum atomic E-state index is 13.9. The highest BCUT2D eigenvalue weighted by atomic mass is 35.5. The number of carbonyl (C=O) groups is 1. The summed E-state index contributed by atoms with van der Waals surface area (Å²) in [5.41, 5.74) is 6.68. The van der Waals surface area contributed by atoms with E-state index in [4.69, 9.17) is 16.7 Å². The predicted octanol–water partition coefficient (Wildman–Crippen LogP) is 7.07. The summed E-state index contributed by atoms with van der Waals surface area (Å²) < 4.78 is 4.12. The molecule has 2 amide bonds. The summed E-state index contributed by atoms with van der Waals surface area (Å²) in [6.07, 6.45) is 2.04. The van der Waals surface area contributed by atoms with E-state index in [2.05, 4.69) is 16.0 Å². The van der Waals surface area contributed by atoms with Crippen molar-refractivity contribution in [3.63, 3.8) is 0 Å². The highest BCUT2D eigenvalue weighted by Gasteiger charge is 2.36. The predicted molar refractivity (Wildman–Crippen MR) is 147 cm³/mol. The number of hydrogen-bond acceptors (Lipinski definition) is 2. The lowest BCUT2D eigenvalue weighted by molar-refractivity contribution is 0.194. The van der Waals surface area contributed by atoms with Crippen molar-refractivity contribution in [1.29, 1.82) is 0 Å². The van der Waals surface area contributed by atoms with Gasteiger partial charge in [0.25, 0.3) is 0 Å². The van der Waals surface area contributed by atoms with Crippen molar-refractivity contribution in [1.82, 2.24) is 19.2 Å². The second-order valence-corrected chi connectivity index (χ2v) is 9.75. The molecule has 1 N–H and O–H groups in total. The molecule has 1 aliphatic rings. The quantitative estimate of drug-likeness (QED) is 0.284. The molecule has 1 aliphatic heterocycles. The van der Waals surface area contributed by atoms with Crippen molar-refractivity contribution in [2.75, 3.05) is 5.32 Å². The summed E-state index contributed by atoms with van der Waals surface area (Å²) in [5.74, 6) is 0.938. The molecule has 0 fully saturated rings. The Morgan fingerprint density at radius 2 is 1.65 bits per heavy atom. The minimum absolute atomic E-state index is 0.184. The Balaban J connectivity index is 1.53. The first-order valence-corrected chi connectivity index (χ1v) is 12.6. The van der Waals surface area contributed by atoms with Gasteiger partial charge in [0.15, 0.2) is 0 Å². The number of halogens is 1. The molecule has 7 heteroatoms. The molecule has 0 radical (unpaired) electrons. The second-order valence-electron chi connectivity index (χ2n) is 9.32. The largest absolute Gasteiger partial charge is 0.322 e. The lowest BCUT2D eigenvalue weighted by Gasteiger charge is -2.31. The van der Waals surface area contributed by atoms with E-state index in [9.17, 15) is 4.79 Å². The zero-order chi connectivity index (χ0) is 25.5. The molecule has 3 heterocycles. The van der Waals surface area contributed by atoms with Crippen LogP contribution in [0.2, 0.25) is 5.02 Å². The standard InChI is InChI=1S/C30H26ClN5O/c1-20-10-16-24(17-11-20)32-30(37)35-19-26-21(2)33-36(25-7-4-3-5-8-25)29(26)34-18-6-9-27(34)28(35)22-12-14-23(31)15-13-22/h3-18,28H,19H2,1-2H3,(H,32,37). The van der Waals surface area contributed by atoms with E-state index < -0.39 is 0 Å². The zero-order valence-electron chi connectivity index (χ0n) is 20.6. The molecule has 0 aliphatic carbocycles. The Kier molecular flexibility index (Phi) is 5.81. The van der Waals surface area contributed by atoms with Crippen LogP contribution in [0.5, 0.6) is 0 Å². The lowest BCUT2D eigenvalue weighted by Crippen LogP contribution is -2.38. The number of nitrogens with one attached hydrogen (secondary N) is 1. The average Bonchev–Trinajstić information content (AvgIpc) is 3.47. The summed E-state index contributed by atoms with van der Waals surface area (Å²) >= 11 is 6.24. The molecule has 0 saturated carbocycles. The van der Waals surface area contributed by atoms with E-state index in [0.717, 1.165) is 45.3 Å². The van der Waals surface area contributed by atoms with Crippen molar-refractivity contribution >= 4 is 23.3 Å². The van der Waals surface area contributed by atoms with Crippen LogP contribution in [-0.2, 0) is 6.54 Å². The normalized spacial score (nSPS) is 14.6. The number of para-hydroxylation sites is 1. The molecule has 6 nitrogen and oxygen atoms in total. The Morgan fingerprint density at radius 1 is 0.919 bits per heavy atom. The fourth-order valence-electron chi connectivity index (χ4n) is 4.98. The summed E-state index contributed by atoms with van der Waals surface area (Å²) in [5, 5.41) is 8.67. The van der Waals surface area contributed by atoms with Crippen molar-refractivity contribution in [3.8, 4) is 11.5 Å². The molecule has 3 aromatic carbocycles. The van der Waals surface area contributed by atoms with Gasteiger partial charge < -0.3 is 14.8 Å². The van der Waals surface area contributed by atoms with Gasteiger partial charge in [-0.3, -0.25) is 0 Å². The fourth-order valence-corrected chi connectivity index (χ4v) is 5.10. The van der Waals surface area contributed by atoms with Gasteiger partial charge in [0, 0.05) is 22.5 Å². The Morgan fingerprint density at radius 3 is 2.38 bits per heavy atom. The summed E-state index contributed by atoms with van der Waals surface area (Å²) in [6.45, 7) is 4.42. The number of aryl methyl sites for hydroxylation is 2. The molecule has 5 aromatic rings. The number of hydrogen-bond donors (Lipinski definition) is 1. The summed E-state index contributed by atoms with van der Waals surface area (Å²) in [6, 6.07) is 29.2. The monoisotopic (exact) mass is 507 g/mol. The first-order valence-electron chi connectivity index (χ1n) is 12.2. The van der Waals surface area contributed by atoms with Gasteiger partial charge in [-0.2, -0.15) is 5.10 Å².